The van der Waals surface area contributed by atoms with E-state index in [9.17, 15) is 0 Å². The van der Waals surface area contributed by atoms with Crippen LogP contribution in [0.15, 0.2) is 109 Å². The Balaban J connectivity index is 1.18. The van der Waals surface area contributed by atoms with Crippen LogP contribution in [0.2, 0.25) is 0 Å². The molecular formula is C32H24N6O3. The van der Waals surface area contributed by atoms with Crippen molar-refractivity contribution in [2.75, 3.05) is 9.80 Å². The average molecular weight is 541 g/mol. The summed E-state index contributed by atoms with van der Waals surface area (Å²) in [6.45, 7) is 0. The van der Waals surface area contributed by atoms with E-state index >= 15 is 0 Å². The first-order valence-electron chi connectivity index (χ1n) is 13.2. The first-order valence-corrected chi connectivity index (χ1v) is 13.2. The SMILES string of the molecule is Cn1ccc(N2c3ccccc3Oc3ccc(Oc4ccc5c(c4)N(c4ccn(C)n4)c4ccccc4O5)cc32)n1. The van der Waals surface area contributed by atoms with E-state index in [4.69, 9.17) is 14.2 Å². The zero-order chi connectivity index (χ0) is 27.5. The summed E-state index contributed by atoms with van der Waals surface area (Å²) < 4.78 is 22.5. The van der Waals surface area contributed by atoms with E-state index in [0.717, 1.165) is 57.4 Å². The van der Waals surface area contributed by atoms with Crippen molar-refractivity contribution < 1.29 is 14.2 Å². The van der Waals surface area contributed by atoms with E-state index in [1.165, 1.54) is 0 Å². The fourth-order valence-electron chi connectivity index (χ4n) is 5.27. The number of ether oxygens (including phenoxy) is 3. The Morgan fingerprint density at radius 1 is 0.512 bits per heavy atom. The van der Waals surface area contributed by atoms with Gasteiger partial charge in [0, 0.05) is 50.8 Å². The molecule has 200 valence electrons. The molecular weight excluding hydrogens is 516 g/mol. The molecule has 0 atom stereocenters. The quantitative estimate of drug-likeness (QED) is 0.223. The minimum absolute atomic E-state index is 0.661. The Hall–Kier alpha value is -5.70. The van der Waals surface area contributed by atoms with Gasteiger partial charge in [-0.2, -0.15) is 10.2 Å². The number of hydrogen-bond donors (Lipinski definition) is 0. The molecule has 9 nitrogen and oxygen atoms in total. The summed E-state index contributed by atoms with van der Waals surface area (Å²) in [4.78, 5) is 4.17. The molecule has 0 amide bonds. The van der Waals surface area contributed by atoms with Gasteiger partial charge < -0.3 is 14.2 Å². The molecule has 0 spiro atoms. The highest BCUT2D eigenvalue weighted by molar-refractivity contribution is 5.87. The van der Waals surface area contributed by atoms with Crippen LogP contribution in [0.3, 0.4) is 0 Å². The predicted molar refractivity (Wildman–Crippen MR) is 156 cm³/mol. The van der Waals surface area contributed by atoms with E-state index < -0.39 is 0 Å². The number of aryl methyl sites for hydroxylation is 2. The van der Waals surface area contributed by atoms with Gasteiger partial charge in [-0.1, -0.05) is 24.3 Å². The van der Waals surface area contributed by atoms with Crippen molar-refractivity contribution in [3.8, 4) is 34.5 Å². The highest BCUT2D eigenvalue weighted by Gasteiger charge is 2.29. The minimum Gasteiger partial charge on any atom is -0.457 e. The molecule has 8 rings (SSSR count). The fraction of sp³-hybridized carbons (Fsp3) is 0.0625. The highest BCUT2D eigenvalue weighted by atomic mass is 16.5. The Morgan fingerprint density at radius 2 is 0.951 bits per heavy atom. The second-order valence-electron chi connectivity index (χ2n) is 9.87. The van der Waals surface area contributed by atoms with E-state index in [0.29, 0.717) is 11.5 Å². The van der Waals surface area contributed by atoms with Crippen LogP contribution in [0.4, 0.5) is 34.4 Å². The van der Waals surface area contributed by atoms with Gasteiger partial charge in [-0.05, 0) is 48.5 Å². The fourth-order valence-corrected chi connectivity index (χ4v) is 5.27. The van der Waals surface area contributed by atoms with Crippen LogP contribution in [0.5, 0.6) is 34.5 Å². The van der Waals surface area contributed by atoms with Crippen LogP contribution in [-0.4, -0.2) is 19.6 Å². The van der Waals surface area contributed by atoms with Gasteiger partial charge in [0.2, 0.25) is 0 Å². The number of rotatable bonds is 4. The highest BCUT2D eigenvalue weighted by Crippen LogP contribution is 2.53. The summed E-state index contributed by atoms with van der Waals surface area (Å²) in [6.07, 6.45) is 3.85. The summed E-state index contributed by atoms with van der Waals surface area (Å²) in [5, 5.41) is 9.34. The molecule has 0 saturated heterocycles. The lowest BCUT2D eigenvalue weighted by Gasteiger charge is -2.32. The lowest BCUT2D eigenvalue weighted by atomic mass is 10.1. The zero-order valence-corrected chi connectivity index (χ0v) is 22.3. The van der Waals surface area contributed by atoms with Gasteiger partial charge in [0.1, 0.15) is 11.5 Å². The third-order valence-corrected chi connectivity index (χ3v) is 7.09. The van der Waals surface area contributed by atoms with Crippen molar-refractivity contribution in [1.29, 1.82) is 0 Å². The standard InChI is InChI=1S/C32H24N6O3/c1-35-17-15-31(33-35)37-23-7-3-5-9-27(23)40-29-13-11-21(19-25(29)37)39-22-12-14-30-26(20-22)38(32-16-18-36(2)34-32)24-8-4-6-10-28(24)41-30/h3-20H,1-2H3. The summed E-state index contributed by atoms with van der Waals surface area (Å²) in [6, 6.07) is 31.4. The number of hydrogen-bond acceptors (Lipinski definition) is 7. The summed E-state index contributed by atoms with van der Waals surface area (Å²) in [5.41, 5.74) is 3.49. The Labute approximate surface area is 236 Å². The van der Waals surface area contributed by atoms with Gasteiger partial charge in [-0.3, -0.25) is 19.2 Å². The van der Waals surface area contributed by atoms with Gasteiger partial charge >= 0.3 is 0 Å². The largest absolute Gasteiger partial charge is 0.457 e. The van der Waals surface area contributed by atoms with Crippen LogP contribution >= 0.6 is 0 Å². The van der Waals surface area contributed by atoms with Gasteiger partial charge in [-0.25, -0.2) is 0 Å². The molecule has 0 radical (unpaired) electrons. The lowest BCUT2D eigenvalue weighted by Crippen LogP contribution is -2.17. The smallest absolute Gasteiger partial charge is 0.159 e. The van der Waals surface area contributed by atoms with Gasteiger partial charge in [0.15, 0.2) is 34.6 Å². The topological polar surface area (TPSA) is 69.8 Å². The average Bonchev–Trinajstić information content (AvgIpc) is 3.62. The number of anilines is 6. The molecule has 41 heavy (non-hydrogen) atoms. The molecule has 6 aromatic rings. The first kappa shape index (κ1) is 23.2. The molecule has 0 fully saturated rings. The second-order valence-corrected chi connectivity index (χ2v) is 9.87. The molecule has 0 unspecified atom stereocenters. The monoisotopic (exact) mass is 540 g/mol. The molecule has 2 aliphatic heterocycles. The zero-order valence-electron chi connectivity index (χ0n) is 22.3. The summed E-state index contributed by atoms with van der Waals surface area (Å²) in [5.74, 6) is 5.88. The maximum Gasteiger partial charge on any atom is 0.159 e. The molecule has 2 aliphatic rings. The Kier molecular flexibility index (Phi) is 5.05. The van der Waals surface area contributed by atoms with Crippen molar-refractivity contribution in [3.63, 3.8) is 0 Å². The minimum atomic E-state index is 0.661. The van der Waals surface area contributed by atoms with Crippen molar-refractivity contribution in [2.45, 2.75) is 0 Å². The Bertz CT molecular complexity index is 1800. The van der Waals surface area contributed by atoms with Crippen molar-refractivity contribution in [3.05, 3.63) is 109 Å². The van der Waals surface area contributed by atoms with Crippen molar-refractivity contribution >= 4 is 34.4 Å². The van der Waals surface area contributed by atoms with Crippen molar-refractivity contribution in [2.24, 2.45) is 14.1 Å². The van der Waals surface area contributed by atoms with Crippen LogP contribution in [0.25, 0.3) is 0 Å². The molecule has 0 aliphatic carbocycles. The van der Waals surface area contributed by atoms with E-state index in [1.807, 2.05) is 124 Å². The van der Waals surface area contributed by atoms with Crippen LogP contribution in [0, 0.1) is 0 Å². The van der Waals surface area contributed by atoms with E-state index in [2.05, 4.69) is 20.0 Å². The van der Waals surface area contributed by atoms with Crippen LogP contribution in [0.1, 0.15) is 0 Å². The number of benzene rings is 4. The van der Waals surface area contributed by atoms with Gasteiger partial charge in [0.25, 0.3) is 0 Å². The summed E-state index contributed by atoms with van der Waals surface area (Å²) >= 11 is 0. The van der Waals surface area contributed by atoms with Crippen LogP contribution in [-0.2, 0) is 14.1 Å². The van der Waals surface area contributed by atoms with Crippen LogP contribution < -0.4 is 24.0 Å². The normalized spacial score (nSPS) is 12.9. The molecule has 0 N–H and O–H groups in total. The predicted octanol–water partition coefficient (Wildman–Crippen LogP) is 8.10. The Morgan fingerprint density at radius 3 is 1.39 bits per heavy atom. The van der Waals surface area contributed by atoms with Gasteiger partial charge in [0.05, 0.1) is 22.7 Å². The third-order valence-electron chi connectivity index (χ3n) is 7.09. The molecule has 9 heteroatoms. The molecule has 4 aromatic carbocycles. The number of fused-ring (bicyclic) bond motifs is 4. The van der Waals surface area contributed by atoms with E-state index in [1.54, 1.807) is 9.36 Å². The van der Waals surface area contributed by atoms with E-state index in [-0.39, 0.29) is 0 Å². The lowest BCUT2D eigenvalue weighted by molar-refractivity contribution is 0.460. The number of para-hydroxylation sites is 4. The molecule has 0 bridgehead atoms. The molecule has 0 saturated carbocycles. The maximum atomic E-state index is 6.45. The second kappa shape index (κ2) is 8.92. The third kappa shape index (κ3) is 3.86. The van der Waals surface area contributed by atoms with Gasteiger partial charge in [-0.15, -0.1) is 0 Å². The first-order chi connectivity index (χ1) is 20.1. The molecule has 2 aromatic heterocycles. The number of nitrogens with zero attached hydrogens (tertiary/aromatic N) is 6. The maximum absolute atomic E-state index is 6.45. The summed E-state index contributed by atoms with van der Waals surface area (Å²) in [7, 11) is 3.81. The van der Waals surface area contributed by atoms with Crippen molar-refractivity contribution in [1.82, 2.24) is 19.6 Å². The number of aromatic nitrogens is 4. The molecule has 4 heterocycles.